The number of carbonyl (C=O) groups excluding carboxylic acids is 1. The van der Waals surface area contributed by atoms with Crippen molar-refractivity contribution in [1.82, 2.24) is 13.9 Å². The summed E-state index contributed by atoms with van der Waals surface area (Å²) in [6.45, 7) is 3.78. The maximum atomic E-state index is 13.8. The van der Waals surface area contributed by atoms with Crippen LogP contribution >= 0.6 is 0 Å². The minimum absolute atomic E-state index is 0.0456. The second kappa shape index (κ2) is 9.54. The Morgan fingerprint density at radius 1 is 1.15 bits per heavy atom. The summed E-state index contributed by atoms with van der Waals surface area (Å²) in [5, 5.41) is 2.26. The number of sulfonamides is 1. The van der Waals surface area contributed by atoms with E-state index in [0.717, 1.165) is 17.6 Å². The van der Waals surface area contributed by atoms with Gasteiger partial charge in [0.05, 0.1) is 29.1 Å². The van der Waals surface area contributed by atoms with Crippen LogP contribution in [0.4, 0.5) is 14.5 Å². The van der Waals surface area contributed by atoms with Crippen molar-refractivity contribution >= 4 is 32.7 Å². The molecule has 0 bridgehead atoms. The van der Waals surface area contributed by atoms with E-state index in [9.17, 15) is 22.0 Å². The Balaban J connectivity index is 1.54. The molecule has 1 N–H and O–H groups in total. The summed E-state index contributed by atoms with van der Waals surface area (Å²) in [6, 6.07) is 8.15. The highest BCUT2D eigenvalue weighted by molar-refractivity contribution is 7.89. The molecule has 4 rings (SSSR count). The molecule has 1 amide bonds. The number of para-hydroxylation sites is 1. The third kappa shape index (κ3) is 4.75. The predicted octanol–water partition coefficient (Wildman–Crippen LogP) is 2.93. The Morgan fingerprint density at radius 3 is 2.52 bits per heavy atom. The number of nitrogens with one attached hydrogen (secondary N) is 1. The van der Waals surface area contributed by atoms with E-state index in [1.54, 1.807) is 12.1 Å². The second-order valence-electron chi connectivity index (χ2n) is 7.58. The number of hydrogen-bond donors (Lipinski definition) is 1. The first-order chi connectivity index (χ1) is 15.8. The number of imidazole rings is 1. The van der Waals surface area contributed by atoms with Crippen molar-refractivity contribution in [2.75, 3.05) is 31.6 Å². The topological polar surface area (TPSA) is 93.5 Å². The molecular weight excluding hydrogens is 454 g/mol. The van der Waals surface area contributed by atoms with Crippen LogP contribution in [0.15, 0.2) is 41.3 Å². The number of carbonyl (C=O) groups is 1. The molecule has 0 unspecified atom stereocenters. The largest absolute Gasteiger partial charge is 0.379 e. The van der Waals surface area contributed by atoms with Gasteiger partial charge >= 0.3 is 0 Å². The van der Waals surface area contributed by atoms with Gasteiger partial charge in [0.1, 0.15) is 23.1 Å². The fourth-order valence-electron chi connectivity index (χ4n) is 3.84. The van der Waals surface area contributed by atoms with Crippen LogP contribution in [0, 0.1) is 11.6 Å². The summed E-state index contributed by atoms with van der Waals surface area (Å²) in [4.78, 5) is 17.0. The van der Waals surface area contributed by atoms with Gasteiger partial charge in [-0.2, -0.15) is 4.31 Å². The predicted molar refractivity (Wildman–Crippen MR) is 118 cm³/mol. The maximum Gasteiger partial charge on any atom is 0.243 e. The molecule has 2 aromatic carbocycles. The lowest BCUT2D eigenvalue weighted by molar-refractivity contribution is -0.116. The molecular formula is C22H24F2N4O4S. The maximum absolute atomic E-state index is 13.8. The van der Waals surface area contributed by atoms with Crippen LogP contribution in [0.25, 0.3) is 11.0 Å². The van der Waals surface area contributed by atoms with Gasteiger partial charge in [0.25, 0.3) is 0 Å². The molecule has 1 aliphatic heterocycles. The fourth-order valence-corrected chi connectivity index (χ4v) is 5.27. The molecule has 1 fully saturated rings. The van der Waals surface area contributed by atoms with Crippen molar-refractivity contribution in [2.24, 2.45) is 0 Å². The Kier molecular flexibility index (Phi) is 6.73. The number of hydrogen-bond acceptors (Lipinski definition) is 5. The molecule has 0 aliphatic carbocycles. The Hall–Kier alpha value is -2.89. The van der Waals surface area contributed by atoms with Crippen molar-refractivity contribution in [3.63, 3.8) is 0 Å². The molecule has 0 radical (unpaired) electrons. The summed E-state index contributed by atoms with van der Waals surface area (Å²) in [5.74, 6) is -1.67. The minimum atomic E-state index is -3.66. The number of anilines is 1. The fraction of sp³-hybridized carbons (Fsp3) is 0.364. The van der Waals surface area contributed by atoms with E-state index < -0.39 is 33.3 Å². The van der Waals surface area contributed by atoms with Gasteiger partial charge in [-0.3, -0.25) is 4.79 Å². The summed E-state index contributed by atoms with van der Waals surface area (Å²) in [7, 11) is -3.66. The van der Waals surface area contributed by atoms with Gasteiger partial charge in [0, 0.05) is 32.5 Å². The third-order valence-electron chi connectivity index (χ3n) is 5.53. The van der Waals surface area contributed by atoms with Crippen molar-refractivity contribution in [3.8, 4) is 0 Å². The van der Waals surface area contributed by atoms with E-state index in [0.29, 0.717) is 44.2 Å². The van der Waals surface area contributed by atoms with Crippen LogP contribution in [0.5, 0.6) is 0 Å². The average molecular weight is 479 g/mol. The third-order valence-corrected chi connectivity index (χ3v) is 7.42. The number of morpholine rings is 1. The minimum Gasteiger partial charge on any atom is -0.379 e. The number of amides is 1. The lowest BCUT2D eigenvalue weighted by Gasteiger charge is -2.26. The van der Waals surface area contributed by atoms with E-state index in [-0.39, 0.29) is 17.7 Å². The molecule has 8 nitrogen and oxygen atoms in total. The Bertz CT molecular complexity index is 1270. The highest BCUT2D eigenvalue weighted by Crippen LogP contribution is 2.24. The van der Waals surface area contributed by atoms with Gasteiger partial charge in [-0.15, -0.1) is 0 Å². The average Bonchev–Trinajstić information content (AvgIpc) is 3.17. The molecule has 176 valence electrons. The van der Waals surface area contributed by atoms with Crippen LogP contribution in [0.2, 0.25) is 0 Å². The lowest BCUT2D eigenvalue weighted by Crippen LogP contribution is -2.40. The zero-order valence-electron chi connectivity index (χ0n) is 18.1. The second-order valence-corrected chi connectivity index (χ2v) is 9.52. The summed E-state index contributed by atoms with van der Waals surface area (Å²) in [5.41, 5.74) is 0.764. The van der Waals surface area contributed by atoms with Crippen LogP contribution in [-0.2, 0) is 32.5 Å². The van der Waals surface area contributed by atoms with E-state index in [1.165, 1.54) is 16.4 Å². The van der Waals surface area contributed by atoms with Crippen molar-refractivity contribution in [1.29, 1.82) is 0 Å². The van der Waals surface area contributed by atoms with Gasteiger partial charge in [-0.1, -0.05) is 6.07 Å². The number of aryl methyl sites for hydroxylation is 2. The van der Waals surface area contributed by atoms with Gasteiger partial charge in [-0.05, 0) is 37.3 Å². The molecule has 33 heavy (non-hydrogen) atoms. The summed E-state index contributed by atoms with van der Waals surface area (Å²) in [6.07, 6.45) is 0.173. The molecule has 1 saturated heterocycles. The Labute approximate surface area is 190 Å². The smallest absolute Gasteiger partial charge is 0.243 e. The van der Waals surface area contributed by atoms with Crippen LogP contribution in [0.1, 0.15) is 19.2 Å². The van der Waals surface area contributed by atoms with Gasteiger partial charge in [-0.25, -0.2) is 22.2 Å². The Morgan fingerprint density at radius 2 is 1.85 bits per heavy atom. The van der Waals surface area contributed by atoms with E-state index >= 15 is 0 Å². The number of fused-ring (bicyclic) bond motifs is 1. The first-order valence-corrected chi connectivity index (χ1v) is 12.1. The van der Waals surface area contributed by atoms with Crippen LogP contribution in [-0.4, -0.2) is 54.5 Å². The molecule has 11 heteroatoms. The number of halogens is 2. The van der Waals surface area contributed by atoms with Crippen molar-refractivity contribution in [2.45, 2.75) is 31.2 Å². The van der Waals surface area contributed by atoms with E-state index in [4.69, 9.17) is 4.74 Å². The van der Waals surface area contributed by atoms with Crippen molar-refractivity contribution < 1.29 is 26.7 Å². The zero-order chi connectivity index (χ0) is 23.6. The summed E-state index contributed by atoms with van der Waals surface area (Å²) >= 11 is 0. The number of ether oxygens (including phenoxy) is 1. The summed E-state index contributed by atoms with van der Waals surface area (Å²) < 4.78 is 62.0. The number of aromatic nitrogens is 2. The highest BCUT2D eigenvalue weighted by Gasteiger charge is 2.27. The zero-order valence-corrected chi connectivity index (χ0v) is 18.9. The standard InChI is InChI=1S/C22H24F2N4O4S/c1-2-28-19-7-6-15(33(30,31)27-10-12-32-13-11-27)14-18(19)25-20(28)8-9-21(29)26-22-16(23)4-3-5-17(22)24/h3-7,14H,2,8-13H2,1H3,(H,26,29). The molecule has 0 spiro atoms. The van der Waals surface area contributed by atoms with Crippen LogP contribution in [0.3, 0.4) is 0 Å². The first kappa shape index (κ1) is 23.3. The van der Waals surface area contributed by atoms with E-state index in [2.05, 4.69) is 10.3 Å². The van der Waals surface area contributed by atoms with Crippen LogP contribution < -0.4 is 5.32 Å². The number of benzene rings is 2. The van der Waals surface area contributed by atoms with Crippen molar-refractivity contribution in [3.05, 3.63) is 53.9 Å². The van der Waals surface area contributed by atoms with E-state index in [1.807, 2.05) is 11.5 Å². The van der Waals surface area contributed by atoms with Gasteiger partial charge in [0.15, 0.2) is 0 Å². The molecule has 1 aliphatic rings. The molecule has 0 saturated carbocycles. The molecule has 1 aromatic heterocycles. The quantitative estimate of drug-likeness (QED) is 0.564. The lowest BCUT2D eigenvalue weighted by atomic mass is 10.2. The number of rotatable bonds is 7. The monoisotopic (exact) mass is 478 g/mol. The molecule has 3 aromatic rings. The highest BCUT2D eigenvalue weighted by atomic mass is 32.2. The number of nitrogens with zero attached hydrogens (tertiary/aromatic N) is 3. The van der Waals surface area contributed by atoms with Gasteiger partial charge < -0.3 is 14.6 Å². The molecule has 2 heterocycles. The molecule has 0 atom stereocenters. The SMILES string of the molecule is CCn1c(CCC(=O)Nc2c(F)cccc2F)nc2cc(S(=O)(=O)N3CCOCC3)ccc21. The first-order valence-electron chi connectivity index (χ1n) is 10.6. The van der Waals surface area contributed by atoms with Gasteiger partial charge in [0.2, 0.25) is 15.9 Å². The normalized spacial score (nSPS) is 15.1.